The van der Waals surface area contributed by atoms with Crippen LogP contribution in [0.1, 0.15) is 23.1 Å². The first-order valence-corrected chi connectivity index (χ1v) is 9.78. The predicted octanol–water partition coefficient (Wildman–Crippen LogP) is 4.06. The second-order valence-electron chi connectivity index (χ2n) is 7.13. The van der Waals surface area contributed by atoms with Crippen molar-refractivity contribution >= 4 is 34.5 Å². The van der Waals surface area contributed by atoms with Crippen LogP contribution < -0.4 is 11.1 Å². The molecule has 9 heteroatoms. The number of carbonyl (C=O) groups is 1. The predicted molar refractivity (Wildman–Crippen MR) is 117 cm³/mol. The number of benzene rings is 2. The molecule has 158 valence electrons. The van der Waals surface area contributed by atoms with Crippen LogP contribution >= 0.6 is 11.6 Å². The molecule has 0 radical (unpaired) electrons. The highest BCUT2D eigenvalue weighted by Crippen LogP contribution is 2.33. The summed E-state index contributed by atoms with van der Waals surface area (Å²) in [4.78, 5) is 21.1. The van der Waals surface area contributed by atoms with Crippen LogP contribution in [0.5, 0.6) is 0 Å². The molecule has 1 amide bonds. The molecule has 2 aromatic carbocycles. The molecule has 1 atom stereocenters. The highest BCUT2D eigenvalue weighted by Gasteiger charge is 2.20. The third kappa shape index (κ3) is 3.83. The van der Waals surface area contributed by atoms with Crippen molar-refractivity contribution in [2.75, 3.05) is 11.1 Å². The maximum atomic E-state index is 13.4. The summed E-state index contributed by atoms with van der Waals surface area (Å²) in [7, 11) is 0. The minimum absolute atomic E-state index is 0.172. The zero-order valence-corrected chi connectivity index (χ0v) is 17.5. The molecule has 2 aromatic heterocycles. The number of rotatable bonds is 4. The van der Waals surface area contributed by atoms with E-state index >= 15 is 0 Å². The van der Waals surface area contributed by atoms with Crippen molar-refractivity contribution in [3.63, 3.8) is 0 Å². The summed E-state index contributed by atoms with van der Waals surface area (Å²) < 4.78 is 15.1. The summed E-state index contributed by atoms with van der Waals surface area (Å²) in [5.74, 6) is -0.226. The summed E-state index contributed by atoms with van der Waals surface area (Å²) in [6.07, 6.45) is -0.0268. The third-order valence-electron chi connectivity index (χ3n) is 4.97. The smallest absolute Gasteiger partial charge is 0.257 e. The number of hydrogen-bond acceptors (Lipinski definition) is 5. The van der Waals surface area contributed by atoms with Crippen LogP contribution in [0.15, 0.2) is 48.7 Å². The number of aromatic nitrogens is 3. The molecule has 0 aliphatic carbocycles. The van der Waals surface area contributed by atoms with Crippen LogP contribution in [0.25, 0.3) is 16.8 Å². The van der Waals surface area contributed by atoms with E-state index in [-0.39, 0.29) is 5.56 Å². The summed E-state index contributed by atoms with van der Waals surface area (Å²) >= 11 is 6.26. The monoisotopic (exact) mass is 439 g/mol. The van der Waals surface area contributed by atoms with E-state index in [0.29, 0.717) is 33.7 Å². The van der Waals surface area contributed by atoms with E-state index in [1.165, 1.54) is 24.4 Å². The Labute approximate surface area is 182 Å². The number of hydrogen-bond donors (Lipinski definition) is 3. The highest BCUT2D eigenvalue weighted by atomic mass is 35.5. The number of anilines is 2. The number of nitrogens with one attached hydrogen (secondary N) is 1. The fourth-order valence-corrected chi connectivity index (χ4v) is 3.76. The summed E-state index contributed by atoms with van der Waals surface area (Å²) in [5.41, 5.74) is 9.57. The molecule has 0 saturated carbocycles. The second-order valence-corrected chi connectivity index (χ2v) is 7.52. The first-order chi connectivity index (χ1) is 14.8. The fourth-order valence-electron chi connectivity index (χ4n) is 3.50. The van der Waals surface area contributed by atoms with Gasteiger partial charge < -0.3 is 16.2 Å². The molecule has 0 unspecified atom stereocenters. The van der Waals surface area contributed by atoms with Crippen LogP contribution in [-0.2, 0) is 4.79 Å². The molecule has 7 nitrogen and oxygen atoms in total. The van der Waals surface area contributed by atoms with Crippen LogP contribution in [0.2, 0.25) is 5.15 Å². The van der Waals surface area contributed by atoms with Crippen molar-refractivity contribution in [1.82, 2.24) is 14.4 Å². The molecule has 0 saturated heterocycles. The number of halogens is 2. The molecular formula is C22H19ClFN5O2. The Kier molecular flexibility index (Phi) is 5.34. The van der Waals surface area contributed by atoms with Crippen molar-refractivity contribution in [2.24, 2.45) is 0 Å². The third-order valence-corrected chi connectivity index (χ3v) is 5.24. The topological polar surface area (TPSA) is 106 Å². The number of nitrogens with two attached hydrogens (primary N) is 1. The van der Waals surface area contributed by atoms with E-state index in [2.05, 4.69) is 15.3 Å². The van der Waals surface area contributed by atoms with Gasteiger partial charge in [-0.3, -0.25) is 9.20 Å². The van der Waals surface area contributed by atoms with Crippen LogP contribution in [-0.4, -0.2) is 25.4 Å². The van der Waals surface area contributed by atoms with Crippen molar-refractivity contribution in [3.05, 3.63) is 76.6 Å². The highest BCUT2D eigenvalue weighted by molar-refractivity contribution is 6.29. The normalized spacial score (nSPS) is 12.2. The van der Waals surface area contributed by atoms with E-state index in [9.17, 15) is 14.3 Å². The summed E-state index contributed by atoms with van der Waals surface area (Å²) in [6.45, 7) is 3.68. The van der Waals surface area contributed by atoms with Crippen LogP contribution in [0.3, 0.4) is 0 Å². The van der Waals surface area contributed by atoms with E-state index in [4.69, 9.17) is 17.3 Å². The van der Waals surface area contributed by atoms with Crippen LogP contribution in [0.4, 0.5) is 15.9 Å². The van der Waals surface area contributed by atoms with Gasteiger partial charge in [0.05, 0.1) is 6.20 Å². The Bertz CT molecular complexity index is 1320. The lowest BCUT2D eigenvalue weighted by Crippen LogP contribution is -2.21. The van der Waals surface area contributed by atoms with Crippen molar-refractivity contribution in [3.8, 4) is 11.3 Å². The molecule has 0 bridgehead atoms. The molecule has 2 heterocycles. The molecule has 31 heavy (non-hydrogen) atoms. The fraction of sp³-hybridized carbons (Fsp3) is 0.136. The van der Waals surface area contributed by atoms with Crippen molar-refractivity contribution < 1.29 is 14.3 Å². The lowest BCUT2D eigenvalue weighted by molar-refractivity contribution is -0.124. The number of nitrogen functional groups attached to an aromatic ring is 1. The molecule has 4 N–H and O–H groups in total. The van der Waals surface area contributed by atoms with E-state index in [0.717, 1.165) is 17.2 Å². The number of carbonyl (C=O) groups excluding carboxylic acids is 1. The SMILES string of the molecule is Cc1cc(NC(=O)[C@H](O)c2cccc(F)c2)ccc1-c1nc(C)n2c(Cl)cnc(N)c12. The van der Waals surface area contributed by atoms with Gasteiger partial charge in [-0.25, -0.2) is 14.4 Å². The van der Waals surface area contributed by atoms with Crippen molar-refractivity contribution in [1.29, 1.82) is 0 Å². The quantitative estimate of drug-likeness (QED) is 0.444. The lowest BCUT2D eigenvalue weighted by Gasteiger charge is -2.13. The maximum Gasteiger partial charge on any atom is 0.257 e. The average molecular weight is 440 g/mol. The van der Waals surface area contributed by atoms with Gasteiger partial charge in [-0.2, -0.15) is 0 Å². The van der Waals surface area contributed by atoms with Gasteiger partial charge in [-0.15, -0.1) is 0 Å². The second kappa shape index (κ2) is 7.98. The molecule has 0 aliphatic heterocycles. The minimum atomic E-state index is -1.50. The van der Waals surface area contributed by atoms with E-state index < -0.39 is 17.8 Å². The van der Waals surface area contributed by atoms with Gasteiger partial charge in [0, 0.05) is 11.3 Å². The molecule has 4 rings (SSSR count). The minimum Gasteiger partial charge on any atom is -0.382 e. The van der Waals surface area contributed by atoms with Crippen molar-refractivity contribution in [2.45, 2.75) is 20.0 Å². The Morgan fingerprint density at radius 2 is 2.03 bits per heavy atom. The van der Waals surface area contributed by atoms with Gasteiger partial charge in [-0.05, 0) is 49.2 Å². The maximum absolute atomic E-state index is 13.4. The zero-order valence-electron chi connectivity index (χ0n) is 16.7. The number of nitrogens with zero attached hydrogens (tertiary/aromatic N) is 3. The number of aliphatic hydroxyl groups is 1. The first-order valence-electron chi connectivity index (χ1n) is 9.40. The number of aryl methyl sites for hydroxylation is 2. The van der Waals surface area contributed by atoms with E-state index in [1.54, 1.807) is 22.6 Å². The molecule has 0 spiro atoms. The number of fused-ring (bicyclic) bond motifs is 1. The van der Waals surface area contributed by atoms with Gasteiger partial charge in [0.1, 0.15) is 33.8 Å². The van der Waals surface area contributed by atoms with Crippen LogP contribution in [0, 0.1) is 19.7 Å². The van der Waals surface area contributed by atoms with Gasteiger partial charge in [-0.1, -0.05) is 29.8 Å². The van der Waals surface area contributed by atoms with Gasteiger partial charge in [0.2, 0.25) is 0 Å². The van der Waals surface area contributed by atoms with Gasteiger partial charge in [0.15, 0.2) is 6.10 Å². The Balaban J connectivity index is 1.65. The average Bonchev–Trinajstić information content (AvgIpc) is 3.08. The molecule has 0 aliphatic rings. The number of aliphatic hydroxyl groups excluding tert-OH is 1. The standard InChI is InChI=1S/C22H19ClFN5O2/c1-11-8-15(28-22(31)20(30)13-4-3-5-14(24)9-13)6-7-16(11)18-19-21(25)26-10-17(23)29(19)12(2)27-18/h3-10,20,30H,1-2H3,(H2,25,26)(H,28,31)/t20-/m1/s1. The molecule has 4 aromatic rings. The van der Waals surface area contributed by atoms with Gasteiger partial charge >= 0.3 is 0 Å². The Hall–Kier alpha value is -3.49. The molecular weight excluding hydrogens is 421 g/mol. The van der Waals surface area contributed by atoms with E-state index in [1.807, 2.05) is 13.8 Å². The first kappa shape index (κ1) is 20.8. The Morgan fingerprint density at radius 1 is 1.26 bits per heavy atom. The zero-order chi connectivity index (χ0) is 22.3. The molecule has 0 fully saturated rings. The lowest BCUT2D eigenvalue weighted by atomic mass is 10.0. The van der Waals surface area contributed by atoms with Gasteiger partial charge in [0.25, 0.3) is 5.91 Å². The Morgan fingerprint density at radius 3 is 2.74 bits per heavy atom. The largest absolute Gasteiger partial charge is 0.382 e. The number of amides is 1. The summed E-state index contributed by atoms with van der Waals surface area (Å²) in [5, 5.41) is 13.3. The number of imidazole rings is 1. The summed E-state index contributed by atoms with van der Waals surface area (Å²) in [6, 6.07) is 10.5.